The van der Waals surface area contributed by atoms with Crippen LogP contribution in [-0.2, 0) is 4.79 Å². The largest absolute Gasteiger partial charge is 0.493 e. The topological polar surface area (TPSA) is 73.6 Å². The second-order valence-electron chi connectivity index (χ2n) is 4.30. The number of carbonyl (C=O) groups excluding carboxylic acids is 1. The Morgan fingerprint density at radius 2 is 2.26 bits per heavy atom. The van der Waals surface area contributed by atoms with Gasteiger partial charge in [-0.3, -0.25) is 4.79 Å². The van der Waals surface area contributed by atoms with Crippen LogP contribution < -0.4 is 20.5 Å². The molecule has 102 valence electrons. The van der Waals surface area contributed by atoms with Crippen LogP contribution in [0.15, 0.2) is 24.3 Å². The second kappa shape index (κ2) is 6.24. The van der Waals surface area contributed by atoms with Gasteiger partial charge < -0.3 is 20.5 Å². The van der Waals surface area contributed by atoms with Crippen LogP contribution in [-0.4, -0.2) is 32.7 Å². The Bertz CT molecular complexity index is 497. The van der Waals surface area contributed by atoms with E-state index in [-0.39, 0.29) is 6.61 Å². The van der Waals surface area contributed by atoms with Gasteiger partial charge in [0.2, 0.25) is 0 Å². The van der Waals surface area contributed by atoms with E-state index in [1.807, 2.05) is 12.1 Å². The molecule has 0 saturated carbocycles. The Labute approximate surface area is 112 Å². The molecule has 0 aromatic heterocycles. The number of rotatable bonds is 5. The summed E-state index contributed by atoms with van der Waals surface area (Å²) in [6.45, 7) is 1.72. The van der Waals surface area contributed by atoms with Gasteiger partial charge in [0.15, 0.2) is 18.1 Å². The van der Waals surface area contributed by atoms with Gasteiger partial charge in [0.1, 0.15) is 0 Å². The zero-order valence-corrected chi connectivity index (χ0v) is 10.9. The Hall–Kier alpha value is -2.01. The predicted octanol–water partition coefficient (Wildman–Crippen LogP) is 0.936. The molecule has 1 amide bonds. The molecule has 0 bridgehead atoms. The van der Waals surface area contributed by atoms with Gasteiger partial charge in [-0.2, -0.15) is 0 Å². The maximum absolute atomic E-state index is 10.7. The van der Waals surface area contributed by atoms with Crippen molar-refractivity contribution in [3.8, 4) is 11.5 Å². The summed E-state index contributed by atoms with van der Waals surface area (Å²) in [5.41, 5.74) is 7.46. The molecule has 0 fully saturated rings. The summed E-state index contributed by atoms with van der Waals surface area (Å²) < 4.78 is 10.6. The third-order valence-corrected chi connectivity index (χ3v) is 2.97. The van der Waals surface area contributed by atoms with E-state index >= 15 is 0 Å². The van der Waals surface area contributed by atoms with Crippen molar-refractivity contribution >= 4 is 11.5 Å². The molecule has 0 radical (unpaired) electrons. The minimum Gasteiger partial charge on any atom is -0.493 e. The fraction of sp³-hybridized carbons (Fsp3) is 0.357. The molecule has 0 unspecified atom stereocenters. The Kier molecular flexibility index (Phi) is 4.41. The molecule has 0 aliphatic carbocycles. The number of hydrogen-bond donors (Lipinski definition) is 2. The van der Waals surface area contributed by atoms with Crippen LogP contribution in [0.1, 0.15) is 12.0 Å². The Morgan fingerprint density at radius 1 is 1.42 bits per heavy atom. The zero-order chi connectivity index (χ0) is 13.7. The summed E-state index contributed by atoms with van der Waals surface area (Å²) in [4.78, 5) is 10.7. The van der Waals surface area contributed by atoms with Gasteiger partial charge >= 0.3 is 0 Å². The van der Waals surface area contributed by atoms with Crippen LogP contribution >= 0.6 is 0 Å². The van der Waals surface area contributed by atoms with Crippen molar-refractivity contribution in [3.63, 3.8) is 0 Å². The first-order chi connectivity index (χ1) is 9.20. The van der Waals surface area contributed by atoms with E-state index in [2.05, 4.69) is 11.4 Å². The highest BCUT2D eigenvalue weighted by molar-refractivity contribution is 5.75. The standard InChI is InChI=1S/C14H18N2O3/c1-18-13-8-11(10-4-6-16-7-5-10)2-3-12(13)19-9-14(15)17/h2-4,8,16H,5-7,9H2,1H3,(H2,15,17). The maximum Gasteiger partial charge on any atom is 0.255 e. The lowest BCUT2D eigenvalue weighted by atomic mass is 10.00. The van der Waals surface area contributed by atoms with E-state index in [9.17, 15) is 4.79 Å². The van der Waals surface area contributed by atoms with E-state index in [0.717, 1.165) is 25.1 Å². The van der Waals surface area contributed by atoms with Crippen molar-refractivity contribution in [2.45, 2.75) is 6.42 Å². The number of hydrogen-bond acceptors (Lipinski definition) is 4. The highest BCUT2D eigenvalue weighted by Gasteiger charge is 2.11. The molecule has 5 nitrogen and oxygen atoms in total. The van der Waals surface area contributed by atoms with Crippen molar-refractivity contribution in [3.05, 3.63) is 29.8 Å². The first-order valence-electron chi connectivity index (χ1n) is 6.20. The van der Waals surface area contributed by atoms with Crippen molar-refractivity contribution in [1.29, 1.82) is 0 Å². The third kappa shape index (κ3) is 3.48. The van der Waals surface area contributed by atoms with E-state index in [0.29, 0.717) is 11.5 Å². The van der Waals surface area contributed by atoms with E-state index in [4.69, 9.17) is 15.2 Å². The third-order valence-electron chi connectivity index (χ3n) is 2.97. The molecular weight excluding hydrogens is 244 g/mol. The minimum atomic E-state index is -0.507. The highest BCUT2D eigenvalue weighted by Crippen LogP contribution is 2.31. The SMILES string of the molecule is COc1cc(C2=CCNCC2)ccc1OCC(N)=O. The molecule has 19 heavy (non-hydrogen) atoms. The summed E-state index contributed by atoms with van der Waals surface area (Å²) in [6.07, 6.45) is 3.16. The molecule has 0 spiro atoms. The normalized spacial score (nSPS) is 14.7. The molecule has 1 aliphatic heterocycles. The van der Waals surface area contributed by atoms with Gasteiger partial charge in [-0.25, -0.2) is 0 Å². The predicted molar refractivity (Wildman–Crippen MR) is 73.1 cm³/mol. The van der Waals surface area contributed by atoms with E-state index in [1.165, 1.54) is 5.57 Å². The molecule has 3 N–H and O–H groups in total. The summed E-state index contributed by atoms with van der Waals surface area (Å²) in [6, 6.07) is 5.70. The molecule has 1 aromatic carbocycles. The number of benzene rings is 1. The lowest BCUT2D eigenvalue weighted by Crippen LogP contribution is -2.20. The minimum absolute atomic E-state index is 0.150. The quantitative estimate of drug-likeness (QED) is 0.828. The summed E-state index contributed by atoms with van der Waals surface area (Å²) in [7, 11) is 1.58. The lowest BCUT2D eigenvalue weighted by molar-refractivity contribution is -0.119. The smallest absolute Gasteiger partial charge is 0.255 e. The van der Waals surface area contributed by atoms with Crippen molar-refractivity contribution < 1.29 is 14.3 Å². The highest BCUT2D eigenvalue weighted by atomic mass is 16.5. The van der Waals surface area contributed by atoms with E-state index < -0.39 is 5.91 Å². The summed E-state index contributed by atoms with van der Waals surface area (Å²) in [5, 5.41) is 3.27. The van der Waals surface area contributed by atoms with Gasteiger partial charge in [0.25, 0.3) is 5.91 Å². The average molecular weight is 262 g/mol. The first-order valence-corrected chi connectivity index (χ1v) is 6.20. The molecule has 2 rings (SSSR count). The number of amides is 1. The first kappa shape index (κ1) is 13.4. The molecule has 0 atom stereocenters. The van der Waals surface area contributed by atoms with Gasteiger partial charge in [0, 0.05) is 6.54 Å². The lowest BCUT2D eigenvalue weighted by Gasteiger charge is -2.16. The van der Waals surface area contributed by atoms with Gasteiger partial charge in [0.05, 0.1) is 7.11 Å². The zero-order valence-electron chi connectivity index (χ0n) is 10.9. The van der Waals surface area contributed by atoms with Crippen LogP contribution in [0.4, 0.5) is 0 Å². The van der Waals surface area contributed by atoms with Crippen LogP contribution in [0.5, 0.6) is 11.5 Å². The molecule has 1 aromatic rings. The molecule has 5 heteroatoms. The number of ether oxygens (including phenoxy) is 2. The monoisotopic (exact) mass is 262 g/mol. The van der Waals surface area contributed by atoms with Gasteiger partial charge in [-0.05, 0) is 36.2 Å². The Morgan fingerprint density at radius 3 is 2.89 bits per heavy atom. The number of primary amides is 1. The van der Waals surface area contributed by atoms with E-state index in [1.54, 1.807) is 13.2 Å². The van der Waals surface area contributed by atoms with Crippen LogP contribution in [0.25, 0.3) is 5.57 Å². The van der Waals surface area contributed by atoms with Crippen molar-refractivity contribution in [2.75, 3.05) is 26.8 Å². The number of carbonyl (C=O) groups is 1. The van der Waals surface area contributed by atoms with Crippen LogP contribution in [0, 0.1) is 0 Å². The van der Waals surface area contributed by atoms with Gasteiger partial charge in [-0.15, -0.1) is 0 Å². The molecule has 1 aliphatic rings. The Balaban J connectivity index is 2.20. The number of nitrogens with two attached hydrogens (primary N) is 1. The second-order valence-corrected chi connectivity index (χ2v) is 4.30. The molecule has 0 saturated heterocycles. The fourth-order valence-electron chi connectivity index (χ4n) is 2.02. The van der Waals surface area contributed by atoms with Crippen molar-refractivity contribution in [1.82, 2.24) is 5.32 Å². The average Bonchev–Trinajstić information content (AvgIpc) is 2.45. The molecule has 1 heterocycles. The number of methoxy groups -OCH3 is 1. The fourth-order valence-corrected chi connectivity index (χ4v) is 2.02. The van der Waals surface area contributed by atoms with Gasteiger partial charge in [-0.1, -0.05) is 12.1 Å². The van der Waals surface area contributed by atoms with Crippen LogP contribution in [0.3, 0.4) is 0 Å². The van der Waals surface area contributed by atoms with Crippen LogP contribution in [0.2, 0.25) is 0 Å². The summed E-state index contributed by atoms with van der Waals surface area (Å²) in [5.74, 6) is 0.630. The molecular formula is C14H18N2O3. The maximum atomic E-state index is 10.7. The number of nitrogens with one attached hydrogen (secondary N) is 1. The van der Waals surface area contributed by atoms with Crippen molar-refractivity contribution in [2.24, 2.45) is 5.73 Å². The summed E-state index contributed by atoms with van der Waals surface area (Å²) >= 11 is 0.